The Labute approximate surface area is 294 Å². The average molecular weight is 665 g/mol. The number of ether oxygens (including phenoxy) is 2. The van der Waals surface area contributed by atoms with Crippen LogP contribution in [-0.2, 0) is 19.1 Å². The molecule has 0 saturated heterocycles. The number of rotatable bonds is 32. The summed E-state index contributed by atoms with van der Waals surface area (Å²) < 4.78 is 10.5. The smallest absolute Gasteiger partial charge is 0.306 e. The summed E-state index contributed by atoms with van der Waals surface area (Å²) in [5.41, 5.74) is 0. The Morgan fingerprint density at radius 1 is 0.479 bits per heavy atom. The number of unbranched alkanes of at least 4 members (excludes halogenated alkanes) is 8. The molecule has 0 spiro atoms. The highest BCUT2D eigenvalue weighted by atomic mass is 16.6. The van der Waals surface area contributed by atoms with Gasteiger partial charge in [-0.15, -0.1) is 0 Å². The second-order valence-corrected chi connectivity index (χ2v) is 11.9. The van der Waals surface area contributed by atoms with Crippen LogP contribution < -0.4 is 0 Å². The summed E-state index contributed by atoms with van der Waals surface area (Å²) in [7, 11) is 0. The quantitative estimate of drug-likeness (QED) is 0.0440. The first-order chi connectivity index (χ1) is 23.6. The first kappa shape index (κ1) is 44.8. The van der Waals surface area contributed by atoms with Crippen molar-refractivity contribution in [2.24, 2.45) is 0 Å². The molecule has 0 aliphatic carbocycles. The minimum Gasteiger partial charge on any atom is -0.462 e. The molecule has 0 amide bonds. The number of carbonyl (C=O) groups is 2. The molecule has 0 aromatic rings. The summed E-state index contributed by atoms with van der Waals surface area (Å²) in [6.45, 7) is 3.96. The molecular weight excluding hydrogens is 596 g/mol. The Balaban J connectivity index is 3.81. The predicted molar refractivity (Wildman–Crippen MR) is 205 cm³/mol. The summed E-state index contributed by atoms with van der Waals surface area (Å²) >= 11 is 0. The summed E-state index contributed by atoms with van der Waals surface area (Å²) in [6, 6.07) is 0. The SMILES string of the molecule is CCCCCC=CCC=CCC=CCC=CCCCC(=O)OCC(CO)OC(=O)CCCC=CCC=CCC=CCC=CCCCCC. The number of aliphatic hydroxyl groups is 1. The van der Waals surface area contributed by atoms with Gasteiger partial charge in [-0.25, -0.2) is 0 Å². The van der Waals surface area contributed by atoms with Crippen LogP contribution in [0.5, 0.6) is 0 Å². The molecule has 0 aromatic heterocycles. The van der Waals surface area contributed by atoms with E-state index in [0.717, 1.165) is 51.4 Å². The van der Waals surface area contributed by atoms with Gasteiger partial charge in [-0.1, -0.05) is 137 Å². The third-order valence-corrected chi connectivity index (χ3v) is 7.35. The van der Waals surface area contributed by atoms with E-state index in [-0.39, 0.29) is 31.6 Å². The maximum absolute atomic E-state index is 12.1. The van der Waals surface area contributed by atoms with Crippen molar-refractivity contribution in [3.05, 3.63) is 97.2 Å². The van der Waals surface area contributed by atoms with Crippen LogP contribution in [0.1, 0.15) is 142 Å². The van der Waals surface area contributed by atoms with Crippen LogP contribution in [0.15, 0.2) is 97.2 Å². The van der Waals surface area contributed by atoms with Gasteiger partial charge in [0.25, 0.3) is 0 Å². The van der Waals surface area contributed by atoms with Crippen molar-refractivity contribution in [3.63, 3.8) is 0 Å². The zero-order chi connectivity index (χ0) is 35.0. The predicted octanol–water partition coefficient (Wildman–Crippen LogP) is 11.7. The van der Waals surface area contributed by atoms with E-state index in [0.29, 0.717) is 19.3 Å². The largest absolute Gasteiger partial charge is 0.462 e. The minimum atomic E-state index is -0.827. The van der Waals surface area contributed by atoms with Crippen molar-refractivity contribution in [2.45, 2.75) is 148 Å². The lowest BCUT2D eigenvalue weighted by Gasteiger charge is -2.15. The van der Waals surface area contributed by atoms with Crippen molar-refractivity contribution in [2.75, 3.05) is 13.2 Å². The third-order valence-electron chi connectivity index (χ3n) is 7.35. The third kappa shape index (κ3) is 35.7. The molecule has 0 saturated carbocycles. The highest BCUT2D eigenvalue weighted by Gasteiger charge is 2.15. The van der Waals surface area contributed by atoms with Crippen molar-refractivity contribution in [1.82, 2.24) is 0 Å². The number of allylic oxidation sites excluding steroid dienone is 16. The lowest BCUT2D eigenvalue weighted by Crippen LogP contribution is -2.28. The summed E-state index contributed by atoms with van der Waals surface area (Å²) in [5.74, 6) is -0.734. The van der Waals surface area contributed by atoms with Crippen LogP contribution in [0.2, 0.25) is 0 Å². The topological polar surface area (TPSA) is 72.8 Å². The van der Waals surface area contributed by atoms with Gasteiger partial charge >= 0.3 is 11.9 Å². The first-order valence-corrected chi connectivity index (χ1v) is 18.8. The molecule has 5 heteroatoms. The van der Waals surface area contributed by atoms with E-state index in [9.17, 15) is 14.7 Å². The molecule has 1 unspecified atom stereocenters. The fraction of sp³-hybridized carbons (Fsp3) is 0.581. The van der Waals surface area contributed by atoms with Crippen LogP contribution >= 0.6 is 0 Å². The molecule has 0 aliphatic rings. The molecule has 270 valence electrons. The van der Waals surface area contributed by atoms with Gasteiger partial charge in [-0.3, -0.25) is 9.59 Å². The number of carbonyl (C=O) groups excluding carboxylic acids is 2. The molecule has 0 fully saturated rings. The lowest BCUT2D eigenvalue weighted by atomic mass is 10.2. The second-order valence-electron chi connectivity index (χ2n) is 11.9. The zero-order valence-corrected chi connectivity index (χ0v) is 30.5. The van der Waals surface area contributed by atoms with Crippen molar-refractivity contribution >= 4 is 11.9 Å². The van der Waals surface area contributed by atoms with Crippen LogP contribution in [0, 0.1) is 0 Å². The monoisotopic (exact) mass is 665 g/mol. The van der Waals surface area contributed by atoms with Gasteiger partial charge in [0.15, 0.2) is 6.10 Å². The Morgan fingerprint density at radius 2 is 0.812 bits per heavy atom. The second kappa shape index (κ2) is 38.3. The van der Waals surface area contributed by atoms with Crippen LogP contribution in [0.3, 0.4) is 0 Å². The zero-order valence-electron chi connectivity index (χ0n) is 30.5. The minimum absolute atomic E-state index is 0.122. The number of hydrogen-bond acceptors (Lipinski definition) is 5. The average Bonchev–Trinajstić information content (AvgIpc) is 3.09. The van der Waals surface area contributed by atoms with E-state index in [1.165, 1.54) is 51.4 Å². The maximum atomic E-state index is 12.1. The molecule has 1 N–H and O–H groups in total. The van der Waals surface area contributed by atoms with Crippen molar-refractivity contribution in [3.8, 4) is 0 Å². The number of hydrogen-bond donors (Lipinski definition) is 1. The fourth-order valence-corrected chi connectivity index (χ4v) is 4.48. The molecule has 5 nitrogen and oxygen atoms in total. The molecule has 0 radical (unpaired) electrons. The van der Waals surface area contributed by atoms with Crippen LogP contribution in [-0.4, -0.2) is 36.4 Å². The number of esters is 2. The van der Waals surface area contributed by atoms with Gasteiger partial charge < -0.3 is 14.6 Å². The van der Waals surface area contributed by atoms with Gasteiger partial charge in [-0.2, -0.15) is 0 Å². The molecule has 0 bridgehead atoms. The van der Waals surface area contributed by atoms with Gasteiger partial charge in [-0.05, 0) is 89.9 Å². The summed E-state index contributed by atoms with van der Waals surface area (Å²) in [5, 5.41) is 9.53. The lowest BCUT2D eigenvalue weighted by molar-refractivity contribution is -0.161. The highest BCUT2D eigenvalue weighted by molar-refractivity contribution is 5.70. The van der Waals surface area contributed by atoms with Crippen LogP contribution in [0.4, 0.5) is 0 Å². The molecule has 0 aliphatic heterocycles. The molecule has 1 atom stereocenters. The van der Waals surface area contributed by atoms with Gasteiger partial charge in [0.05, 0.1) is 6.61 Å². The van der Waals surface area contributed by atoms with E-state index < -0.39 is 6.10 Å². The van der Waals surface area contributed by atoms with Crippen molar-refractivity contribution < 1.29 is 24.2 Å². The number of aliphatic hydroxyl groups excluding tert-OH is 1. The Bertz CT molecular complexity index is 979. The fourth-order valence-electron chi connectivity index (χ4n) is 4.48. The molecular formula is C43H68O5. The summed E-state index contributed by atoms with van der Waals surface area (Å²) in [6.07, 6.45) is 53.2. The van der Waals surface area contributed by atoms with E-state index in [1.807, 2.05) is 0 Å². The Hall–Kier alpha value is -3.18. The summed E-state index contributed by atoms with van der Waals surface area (Å²) in [4.78, 5) is 24.2. The first-order valence-electron chi connectivity index (χ1n) is 18.8. The van der Waals surface area contributed by atoms with Crippen molar-refractivity contribution in [1.29, 1.82) is 0 Å². The van der Waals surface area contributed by atoms with E-state index in [1.54, 1.807) is 0 Å². The highest BCUT2D eigenvalue weighted by Crippen LogP contribution is 2.06. The normalized spacial score (nSPS) is 13.3. The standard InChI is InChI=1S/C43H68O5/c1-3-5-7-9-11-13-15-17-19-21-23-25-27-29-31-33-35-37-42(45)47-40-41(39-44)48-43(46)38-36-34-32-30-28-26-24-22-20-18-16-14-12-10-8-6-4-2/h11-14,17-20,23-26,29-32,41,44H,3-10,15-16,21-22,27-28,33-40H2,1-2H3. The Kier molecular flexibility index (Phi) is 35.7. The van der Waals surface area contributed by atoms with E-state index in [4.69, 9.17) is 9.47 Å². The van der Waals surface area contributed by atoms with E-state index >= 15 is 0 Å². The molecule has 0 aromatic carbocycles. The van der Waals surface area contributed by atoms with Gasteiger partial charge in [0.2, 0.25) is 0 Å². The Morgan fingerprint density at radius 3 is 1.17 bits per heavy atom. The molecule has 48 heavy (non-hydrogen) atoms. The molecule has 0 heterocycles. The van der Waals surface area contributed by atoms with Gasteiger partial charge in [0.1, 0.15) is 6.61 Å². The maximum Gasteiger partial charge on any atom is 0.306 e. The van der Waals surface area contributed by atoms with Gasteiger partial charge in [0, 0.05) is 12.8 Å². The van der Waals surface area contributed by atoms with E-state index in [2.05, 4.69) is 111 Å². The van der Waals surface area contributed by atoms with Crippen LogP contribution in [0.25, 0.3) is 0 Å². The molecule has 0 rings (SSSR count).